The summed E-state index contributed by atoms with van der Waals surface area (Å²) in [5.74, 6) is 0.798. The molecule has 0 radical (unpaired) electrons. The molecule has 21 heavy (non-hydrogen) atoms. The number of amides is 1. The van der Waals surface area contributed by atoms with Gasteiger partial charge >= 0.3 is 0 Å². The van der Waals surface area contributed by atoms with Crippen LogP contribution in [-0.2, 0) is 13.1 Å². The van der Waals surface area contributed by atoms with E-state index in [-0.39, 0.29) is 5.91 Å². The van der Waals surface area contributed by atoms with Crippen LogP contribution in [0.4, 0.5) is 0 Å². The van der Waals surface area contributed by atoms with E-state index in [4.69, 9.17) is 0 Å². The Balaban J connectivity index is 1.69. The highest BCUT2D eigenvalue weighted by atomic mass is 32.1. The first-order valence-corrected chi connectivity index (χ1v) is 7.52. The second-order valence-electron chi connectivity index (χ2n) is 5.20. The molecule has 0 unspecified atom stereocenters. The molecular formula is C14H13N5OS. The van der Waals surface area contributed by atoms with Crippen molar-refractivity contribution in [2.75, 3.05) is 6.54 Å². The molecule has 3 heterocycles. The number of aromatic nitrogens is 4. The lowest BCUT2D eigenvalue weighted by Gasteiger charge is -2.26. The highest BCUT2D eigenvalue weighted by molar-refractivity contribution is 7.13. The molecule has 0 bridgehead atoms. The fourth-order valence-electron chi connectivity index (χ4n) is 2.60. The Hall–Kier alpha value is -2.28. The summed E-state index contributed by atoms with van der Waals surface area (Å²) in [5, 5.41) is 8.87. The minimum absolute atomic E-state index is 0.0268. The Morgan fingerprint density at radius 3 is 3.14 bits per heavy atom. The Kier molecular flexibility index (Phi) is 2.75. The highest BCUT2D eigenvalue weighted by Gasteiger charge is 2.25. The van der Waals surface area contributed by atoms with E-state index >= 15 is 0 Å². The van der Waals surface area contributed by atoms with Crippen LogP contribution >= 0.6 is 11.5 Å². The molecule has 1 aromatic carbocycles. The van der Waals surface area contributed by atoms with Crippen molar-refractivity contribution in [1.29, 1.82) is 0 Å². The van der Waals surface area contributed by atoms with Crippen LogP contribution in [0.25, 0.3) is 10.1 Å². The number of carbonyl (C=O) groups excluding carboxylic acids is 1. The molecule has 0 spiro atoms. The lowest BCUT2D eigenvalue weighted by atomic mass is 10.1. The van der Waals surface area contributed by atoms with Gasteiger partial charge in [0.2, 0.25) is 0 Å². The number of hydrogen-bond acceptors (Lipinski definition) is 5. The second-order valence-corrected chi connectivity index (χ2v) is 6.00. The van der Waals surface area contributed by atoms with Gasteiger partial charge in [0.1, 0.15) is 12.0 Å². The summed E-state index contributed by atoms with van der Waals surface area (Å²) in [5.41, 5.74) is 1.68. The van der Waals surface area contributed by atoms with E-state index in [1.54, 1.807) is 11.2 Å². The van der Waals surface area contributed by atoms with Gasteiger partial charge in [0.05, 0.1) is 11.2 Å². The summed E-state index contributed by atoms with van der Waals surface area (Å²) in [4.78, 5) is 14.5. The Bertz CT molecular complexity index is 837. The zero-order valence-electron chi connectivity index (χ0n) is 11.5. The summed E-state index contributed by atoms with van der Waals surface area (Å²) in [6.07, 6.45) is 1.71. The van der Waals surface area contributed by atoms with E-state index < -0.39 is 0 Å². The number of hydrogen-bond donors (Lipinski definition) is 0. The minimum atomic E-state index is -0.0268. The molecule has 2 aromatic heterocycles. The number of nitrogens with zero attached hydrogens (tertiary/aromatic N) is 5. The highest BCUT2D eigenvalue weighted by Crippen LogP contribution is 2.25. The third kappa shape index (κ3) is 2.01. The van der Waals surface area contributed by atoms with Gasteiger partial charge in [0, 0.05) is 18.5 Å². The van der Waals surface area contributed by atoms with Crippen LogP contribution in [0.2, 0.25) is 0 Å². The molecule has 0 saturated carbocycles. The Morgan fingerprint density at radius 1 is 1.33 bits per heavy atom. The minimum Gasteiger partial charge on any atom is -0.328 e. The summed E-state index contributed by atoms with van der Waals surface area (Å²) < 4.78 is 7.39. The molecule has 0 aliphatic carbocycles. The van der Waals surface area contributed by atoms with Crippen LogP contribution in [0.3, 0.4) is 0 Å². The van der Waals surface area contributed by atoms with Crippen LogP contribution in [0.5, 0.6) is 0 Å². The maximum absolute atomic E-state index is 12.7. The molecular weight excluding hydrogens is 286 g/mol. The lowest BCUT2D eigenvalue weighted by Crippen LogP contribution is -2.38. The van der Waals surface area contributed by atoms with Crippen LogP contribution in [0, 0.1) is 6.92 Å². The standard InChI is InChI=1S/C14H13N5OS/c1-9-2-3-11-10(6-9)13(17-21-11)14(20)18-4-5-19-8-15-16-12(19)7-18/h2-3,6,8H,4-5,7H2,1H3. The molecule has 1 amide bonds. The average Bonchev–Trinajstić information content (AvgIpc) is 3.11. The summed E-state index contributed by atoms with van der Waals surface area (Å²) >= 11 is 1.37. The molecule has 3 aromatic rings. The van der Waals surface area contributed by atoms with Gasteiger partial charge in [-0.25, -0.2) is 0 Å². The zero-order chi connectivity index (χ0) is 14.4. The summed E-state index contributed by atoms with van der Waals surface area (Å²) in [6.45, 7) is 3.91. The van der Waals surface area contributed by atoms with Crippen LogP contribution in [-0.4, -0.2) is 36.5 Å². The van der Waals surface area contributed by atoms with E-state index in [9.17, 15) is 4.79 Å². The predicted octanol–water partition coefficient (Wildman–Crippen LogP) is 1.85. The van der Waals surface area contributed by atoms with Gasteiger partial charge in [-0.15, -0.1) is 10.2 Å². The van der Waals surface area contributed by atoms with Crippen molar-refractivity contribution >= 4 is 27.5 Å². The first-order valence-electron chi connectivity index (χ1n) is 6.74. The zero-order valence-corrected chi connectivity index (χ0v) is 12.3. The molecule has 6 nitrogen and oxygen atoms in total. The lowest BCUT2D eigenvalue weighted by molar-refractivity contribution is 0.0705. The van der Waals surface area contributed by atoms with Crippen LogP contribution < -0.4 is 0 Å². The van der Waals surface area contributed by atoms with E-state index in [2.05, 4.69) is 14.6 Å². The van der Waals surface area contributed by atoms with Crippen LogP contribution in [0.1, 0.15) is 21.9 Å². The van der Waals surface area contributed by atoms with Gasteiger partial charge in [-0.2, -0.15) is 4.37 Å². The smallest absolute Gasteiger partial charge is 0.274 e. The Labute approximate surface area is 125 Å². The number of rotatable bonds is 1. The van der Waals surface area contributed by atoms with Crippen molar-refractivity contribution in [2.24, 2.45) is 0 Å². The molecule has 0 saturated heterocycles. The molecule has 4 rings (SSSR count). The number of benzene rings is 1. The van der Waals surface area contributed by atoms with E-state index in [1.165, 1.54) is 11.5 Å². The molecule has 0 fully saturated rings. The molecule has 0 atom stereocenters. The average molecular weight is 299 g/mol. The van der Waals surface area contributed by atoms with Crippen molar-refractivity contribution in [2.45, 2.75) is 20.0 Å². The SMILES string of the molecule is Cc1ccc2snc(C(=O)N3CCn4cnnc4C3)c2c1. The van der Waals surface area contributed by atoms with Gasteiger partial charge in [-0.3, -0.25) is 4.79 Å². The fourth-order valence-corrected chi connectivity index (χ4v) is 3.35. The first-order chi connectivity index (χ1) is 10.2. The third-order valence-corrected chi connectivity index (χ3v) is 4.58. The van der Waals surface area contributed by atoms with Crippen LogP contribution in [0.15, 0.2) is 24.5 Å². The number of aryl methyl sites for hydroxylation is 1. The third-order valence-electron chi connectivity index (χ3n) is 3.75. The van der Waals surface area contributed by atoms with Crippen molar-refractivity contribution in [3.05, 3.63) is 41.6 Å². The van der Waals surface area contributed by atoms with E-state index in [0.717, 1.165) is 28.0 Å². The summed E-state index contributed by atoms with van der Waals surface area (Å²) in [7, 11) is 0. The maximum atomic E-state index is 12.7. The number of carbonyl (C=O) groups is 1. The molecule has 1 aliphatic heterocycles. The van der Waals surface area contributed by atoms with E-state index in [0.29, 0.717) is 18.8 Å². The largest absolute Gasteiger partial charge is 0.328 e. The second kappa shape index (κ2) is 4.63. The molecule has 106 valence electrons. The fraction of sp³-hybridized carbons (Fsp3) is 0.286. The molecule has 0 N–H and O–H groups in total. The van der Waals surface area contributed by atoms with Gasteiger partial charge in [0.25, 0.3) is 5.91 Å². The maximum Gasteiger partial charge on any atom is 0.274 e. The van der Waals surface area contributed by atoms with Crippen molar-refractivity contribution < 1.29 is 4.79 Å². The van der Waals surface area contributed by atoms with Gasteiger partial charge < -0.3 is 9.47 Å². The van der Waals surface area contributed by atoms with Crippen molar-refractivity contribution in [3.8, 4) is 0 Å². The van der Waals surface area contributed by atoms with Crippen molar-refractivity contribution in [1.82, 2.24) is 24.0 Å². The first kappa shape index (κ1) is 12.5. The number of fused-ring (bicyclic) bond motifs is 2. The molecule has 7 heteroatoms. The predicted molar refractivity (Wildman–Crippen MR) is 79.1 cm³/mol. The van der Waals surface area contributed by atoms with Gasteiger partial charge in [-0.05, 0) is 30.6 Å². The topological polar surface area (TPSA) is 63.9 Å². The van der Waals surface area contributed by atoms with Crippen molar-refractivity contribution in [3.63, 3.8) is 0 Å². The monoisotopic (exact) mass is 299 g/mol. The normalized spacial score (nSPS) is 14.4. The quantitative estimate of drug-likeness (QED) is 0.688. The van der Waals surface area contributed by atoms with E-state index in [1.807, 2.05) is 29.7 Å². The van der Waals surface area contributed by atoms with Gasteiger partial charge in [0.15, 0.2) is 5.82 Å². The summed E-state index contributed by atoms with van der Waals surface area (Å²) in [6, 6.07) is 6.09. The van der Waals surface area contributed by atoms with Gasteiger partial charge in [-0.1, -0.05) is 11.6 Å². The Morgan fingerprint density at radius 2 is 2.24 bits per heavy atom. The molecule has 1 aliphatic rings.